The number of hydrogen-bond acceptors (Lipinski definition) is 2. The Hall–Kier alpha value is -5.83. The van der Waals surface area contributed by atoms with Crippen molar-refractivity contribution in [2.24, 2.45) is 0 Å². The van der Waals surface area contributed by atoms with E-state index >= 15 is 0 Å². The van der Waals surface area contributed by atoms with Gasteiger partial charge in [0.1, 0.15) is 0 Å². The maximum absolute atomic E-state index is 5.21. The zero-order valence-electron chi connectivity index (χ0n) is 25.4. The molecule has 47 heavy (non-hydrogen) atoms. The summed E-state index contributed by atoms with van der Waals surface area (Å²) in [7, 11) is 0. The molecule has 2 aromatic heterocycles. The van der Waals surface area contributed by atoms with E-state index in [2.05, 4.69) is 164 Å². The van der Waals surface area contributed by atoms with Crippen LogP contribution in [0.25, 0.3) is 96.9 Å². The van der Waals surface area contributed by atoms with Crippen molar-refractivity contribution >= 4 is 74.7 Å². The van der Waals surface area contributed by atoms with Gasteiger partial charge in [0.05, 0.1) is 11.2 Å². The van der Waals surface area contributed by atoms with Crippen LogP contribution in [0.15, 0.2) is 164 Å². The van der Waals surface area contributed by atoms with Crippen molar-refractivity contribution in [3.05, 3.63) is 164 Å². The number of hydrogen-bond donors (Lipinski definition) is 0. The van der Waals surface area contributed by atoms with Gasteiger partial charge in [-0.3, -0.25) is 0 Å². The first-order valence-corrected chi connectivity index (χ1v) is 16.9. The maximum Gasteiger partial charge on any atom is 0.0788 e. The average molecular weight is 614 g/mol. The zero-order valence-corrected chi connectivity index (χ0v) is 26.3. The minimum atomic E-state index is 1.02. The molecule has 0 saturated heterocycles. The van der Waals surface area contributed by atoms with Gasteiger partial charge in [0.25, 0.3) is 0 Å². The molecule has 10 rings (SSSR count). The molecule has 2 heterocycles. The van der Waals surface area contributed by atoms with Crippen LogP contribution < -0.4 is 0 Å². The molecular formula is C45H27NS. The van der Waals surface area contributed by atoms with Crippen LogP contribution in [0.4, 0.5) is 0 Å². The van der Waals surface area contributed by atoms with Crippen molar-refractivity contribution < 1.29 is 0 Å². The summed E-state index contributed by atoms with van der Waals surface area (Å²) < 4.78 is 2.60. The molecule has 0 atom stereocenters. The summed E-state index contributed by atoms with van der Waals surface area (Å²) in [5.41, 5.74) is 8.25. The van der Waals surface area contributed by atoms with Gasteiger partial charge >= 0.3 is 0 Å². The van der Waals surface area contributed by atoms with Crippen molar-refractivity contribution in [2.45, 2.75) is 0 Å². The van der Waals surface area contributed by atoms with Gasteiger partial charge in [-0.05, 0) is 68.1 Å². The van der Waals surface area contributed by atoms with Gasteiger partial charge in [-0.2, -0.15) is 0 Å². The van der Waals surface area contributed by atoms with Gasteiger partial charge in [-0.15, -0.1) is 11.3 Å². The number of aromatic nitrogens is 1. The molecule has 8 aromatic carbocycles. The minimum Gasteiger partial charge on any atom is -0.247 e. The first-order chi connectivity index (χ1) is 23.3. The predicted molar refractivity (Wildman–Crippen MR) is 203 cm³/mol. The molecule has 2 heteroatoms. The molecule has 1 nitrogen and oxygen atoms in total. The van der Waals surface area contributed by atoms with Crippen LogP contribution in [0.5, 0.6) is 0 Å². The van der Waals surface area contributed by atoms with Crippen LogP contribution >= 0.6 is 11.3 Å². The van der Waals surface area contributed by atoms with E-state index in [9.17, 15) is 0 Å². The average Bonchev–Trinajstić information content (AvgIpc) is 3.52. The fourth-order valence-electron chi connectivity index (χ4n) is 7.64. The Balaban J connectivity index is 1.33. The molecule has 0 radical (unpaired) electrons. The van der Waals surface area contributed by atoms with Crippen LogP contribution in [0, 0.1) is 0 Å². The van der Waals surface area contributed by atoms with Gasteiger partial charge in [0.2, 0.25) is 0 Å². The van der Waals surface area contributed by atoms with E-state index in [0.29, 0.717) is 0 Å². The topological polar surface area (TPSA) is 12.9 Å². The Kier molecular flexibility index (Phi) is 5.81. The number of pyridine rings is 1. The number of nitrogens with zero attached hydrogens (tertiary/aromatic N) is 1. The highest BCUT2D eigenvalue weighted by Gasteiger charge is 2.19. The molecule has 0 fully saturated rings. The highest BCUT2D eigenvalue weighted by atomic mass is 32.1. The fourth-order valence-corrected chi connectivity index (χ4v) is 8.73. The van der Waals surface area contributed by atoms with E-state index in [1.54, 1.807) is 0 Å². The molecule has 0 aliphatic carbocycles. The summed E-state index contributed by atoms with van der Waals surface area (Å²) >= 11 is 1.88. The number of thiophene rings is 1. The third kappa shape index (κ3) is 3.99. The zero-order chi connectivity index (χ0) is 30.9. The minimum absolute atomic E-state index is 1.02. The second kappa shape index (κ2) is 10.3. The van der Waals surface area contributed by atoms with Gasteiger partial charge in [0, 0.05) is 41.9 Å². The number of rotatable bonds is 3. The molecule has 0 aliphatic heterocycles. The third-order valence-electron chi connectivity index (χ3n) is 9.63. The first kappa shape index (κ1) is 26.4. The number of benzene rings is 8. The summed E-state index contributed by atoms with van der Waals surface area (Å²) in [5.74, 6) is 0. The van der Waals surface area contributed by atoms with E-state index in [1.807, 2.05) is 11.3 Å². The summed E-state index contributed by atoms with van der Waals surface area (Å²) in [6, 6.07) is 59.5. The van der Waals surface area contributed by atoms with Crippen molar-refractivity contribution in [3.63, 3.8) is 0 Å². The van der Waals surface area contributed by atoms with Crippen molar-refractivity contribution in [2.75, 3.05) is 0 Å². The Labute approximate surface area is 276 Å². The van der Waals surface area contributed by atoms with E-state index in [-0.39, 0.29) is 0 Å². The Morgan fingerprint density at radius 2 is 0.872 bits per heavy atom. The van der Waals surface area contributed by atoms with Gasteiger partial charge in [0.15, 0.2) is 0 Å². The molecular weight excluding hydrogens is 587 g/mol. The highest BCUT2D eigenvalue weighted by molar-refractivity contribution is 7.26. The number of fused-ring (bicyclic) bond motifs is 9. The molecule has 0 aliphatic rings. The Morgan fingerprint density at radius 1 is 0.340 bits per heavy atom. The third-order valence-corrected chi connectivity index (χ3v) is 10.8. The Morgan fingerprint density at radius 3 is 1.53 bits per heavy atom. The molecule has 0 unspecified atom stereocenters. The lowest BCUT2D eigenvalue weighted by molar-refractivity contribution is 1.43. The normalized spacial score (nSPS) is 11.8. The summed E-state index contributed by atoms with van der Waals surface area (Å²) in [4.78, 5) is 5.21. The molecule has 0 spiro atoms. The molecule has 0 saturated carbocycles. The van der Waals surface area contributed by atoms with Crippen molar-refractivity contribution in [1.29, 1.82) is 0 Å². The van der Waals surface area contributed by atoms with Crippen LogP contribution in [-0.4, -0.2) is 4.98 Å². The predicted octanol–water partition coefficient (Wildman–Crippen LogP) is 13.1. The van der Waals surface area contributed by atoms with Crippen LogP contribution in [0.2, 0.25) is 0 Å². The van der Waals surface area contributed by atoms with Crippen LogP contribution in [0.3, 0.4) is 0 Å². The van der Waals surface area contributed by atoms with Gasteiger partial charge in [-0.25, -0.2) is 4.98 Å². The van der Waals surface area contributed by atoms with Gasteiger partial charge < -0.3 is 0 Å². The summed E-state index contributed by atoms with van der Waals surface area (Å²) in [6.45, 7) is 0. The van der Waals surface area contributed by atoms with E-state index in [0.717, 1.165) is 16.8 Å². The lowest BCUT2D eigenvalue weighted by Crippen LogP contribution is -1.91. The Bertz CT molecular complexity index is 2770. The molecule has 0 bridgehead atoms. The van der Waals surface area contributed by atoms with Crippen LogP contribution in [0.1, 0.15) is 0 Å². The largest absolute Gasteiger partial charge is 0.247 e. The van der Waals surface area contributed by atoms with Crippen LogP contribution in [-0.2, 0) is 0 Å². The monoisotopic (exact) mass is 613 g/mol. The molecule has 218 valence electrons. The second-order valence-electron chi connectivity index (χ2n) is 12.2. The second-order valence-corrected chi connectivity index (χ2v) is 13.3. The molecule has 0 amide bonds. The van der Waals surface area contributed by atoms with Gasteiger partial charge in [-0.1, -0.05) is 140 Å². The van der Waals surface area contributed by atoms with Crippen molar-refractivity contribution in [1.82, 2.24) is 4.98 Å². The summed E-state index contributed by atoms with van der Waals surface area (Å²) in [6.07, 6.45) is 0. The van der Waals surface area contributed by atoms with E-state index < -0.39 is 0 Å². The summed E-state index contributed by atoms with van der Waals surface area (Å²) in [5, 5.41) is 11.4. The smallest absolute Gasteiger partial charge is 0.0788 e. The highest BCUT2D eigenvalue weighted by Crippen LogP contribution is 2.47. The lowest BCUT2D eigenvalue weighted by Gasteiger charge is -2.18. The fraction of sp³-hybridized carbons (Fsp3) is 0. The molecule has 0 N–H and O–H groups in total. The standard InChI is InChI=1S/C45H27NS/c1-3-13-28(14-4-1)41-31-17-7-9-19-33(31)42(34-20-10-8-18-32(34)41)30-23-25-39-37(27-30)44-40(47-39)26-24-36-43(44)35-21-11-12-22-38(35)46-45(36)29-15-5-2-6-16-29/h1-27H. The quantitative estimate of drug-likeness (QED) is 0.143. The van der Waals surface area contributed by atoms with E-state index in [4.69, 9.17) is 4.98 Å². The maximum atomic E-state index is 5.21. The molecule has 10 aromatic rings. The number of para-hydroxylation sites is 1. The van der Waals surface area contributed by atoms with Crippen molar-refractivity contribution in [3.8, 4) is 33.5 Å². The SMILES string of the molecule is c1ccc(-c2c3ccccc3c(-c3ccc4sc5ccc6c(-c7ccccc7)nc7ccccc7c6c5c4c3)c3ccccc23)cc1. The first-order valence-electron chi connectivity index (χ1n) is 16.1. The van der Waals surface area contributed by atoms with E-state index in [1.165, 1.54) is 80.1 Å². The lowest BCUT2D eigenvalue weighted by atomic mass is 9.85.